The molecule has 1 aliphatic heterocycles. The normalized spacial score (nSPS) is 17.7. The molecule has 1 aromatic carbocycles. The largest absolute Gasteiger partial charge is 0.496 e. The van der Waals surface area contributed by atoms with E-state index in [1.165, 1.54) is 18.4 Å². The highest BCUT2D eigenvalue weighted by Crippen LogP contribution is 2.26. The van der Waals surface area contributed by atoms with Crippen LogP contribution in [0.15, 0.2) is 29.4 Å². The van der Waals surface area contributed by atoms with Gasteiger partial charge in [-0.15, -0.1) is 11.3 Å². The van der Waals surface area contributed by atoms with Crippen LogP contribution in [0.5, 0.6) is 5.75 Å². The fraction of sp³-hybridized carbons (Fsp3) is 0.450. The molecule has 0 radical (unpaired) electrons. The summed E-state index contributed by atoms with van der Waals surface area (Å²) < 4.78 is 7.23. The summed E-state index contributed by atoms with van der Waals surface area (Å²) in [7, 11) is 1.51. The Hall–Kier alpha value is -2.12. The Labute approximate surface area is 173 Å². The molecule has 2 heterocycles. The van der Waals surface area contributed by atoms with E-state index in [2.05, 4.69) is 31.1 Å². The van der Waals surface area contributed by atoms with Crippen LogP contribution in [0, 0.1) is 0 Å². The van der Waals surface area contributed by atoms with Gasteiger partial charge in [-0.3, -0.25) is 9.59 Å². The summed E-state index contributed by atoms with van der Waals surface area (Å²) in [6.45, 7) is 6.93. The average Bonchev–Trinajstić information content (AvgIpc) is 3.21. The average molecular weight is 422 g/mol. The maximum absolute atomic E-state index is 12.9. The Morgan fingerprint density at radius 1 is 1.43 bits per heavy atom. The molecule has 2 aromatic rings. The molecule has 0 spiro atoms. The number of carbonyl (C=O) groups excluding carboxylic acids is 2. The highest BCUT2D eigenvalue weighted by Gasteiger charge is 2.24. The van der Waals surface area contributed by atoms with E-state index in [1.54, 1.807) is 18.2 Å². The van der Waals surface area contributed by atoms with Crippen LogP contribution in [0.2, 0.25) is 5.02 Å². The Morgan fingerprint density at radius 2 is 2.18 bits per heavy atom. The summed E-state index contributed by atoms with van der Waals surface area (Å²) in [5, 5.41) is 3.42. The number of hydrogen-bond donors (Lipinski definition) is 1. The summed E-state index contributed by atoms with van der Waals surface area (Å²) in [5.41, 5.74) is 0.247. The summed E-state index contributed by atoms with van der Waals surface area (Å²) >= 11 is 7.53. The Bertz CT molecular complexity index is 972. The van der Waals surface area contributed by atoms with E-state index < -0.39 is 5.91 Å². The van der Waals surface area contributed by atoms with Crippen LogP contribution in [0.4, 0.5) is 0 Å². The zero-order chi connectivity index (χ0) is 20.5. The van der Waals surface area contributed by atoms with Gasteiger partial charge < -0.3 is 14.6 Å². The zero-order valence-corrected chi connectivity index (χ0v) is 18.0. The highest BCUT2D eigenvalue weighted by molar-refractivity contribution is 7.09. The molecule has 6 nitrogen and oxygen atoms in total. The number of benzene rings is 1. The maximum atomic E-state index is 12.9. The third-order valence-electron chi connectivity index (χ3n) is 4.55. The molecule has 1 atom stereocenters. The lowest BCUT2D eigenvalue weighted by molar-refractivity contribution is -0.119. The predicted molar refractivity (Wildman–Crippen MR) is 110 cm³/mol. The van der Waals surface area contributed by atoms with Crippen LogP contribution < -0.4 is 14.9 Å². The lowest BCUT2D eigenvalue weighted by Gasteiger charge is -2.15. The van der Waals surface area contributed by atoms with Crippen molar-refractivity contribution < 1.29 is 14.3 Å². The monoisotopic (exact) mass is 421 g/mol. The van der Waals surface area contributed by atoms with E-state index >= 15 is 0 Å². The summed E-state index contributed by atoms with van der Waals surface area (Å²) in [6, 6.07) is 4.93. The van der Waals surface area contributed by atoms with E-state index in [4.69, 9.17) is 16.3 Å². The molecule has 150 valence electrons. The second kappa shape index (κ2) is 8.09. The Morgan fingerprint density at radius 3 is 2.79 bits per heavy atom. The third kappa shape index (κ3) is 4.64. The molecule has 1 aromatic heterocycles. The molecule has 2 amide bonds. The number of ether oxygens (including phenoxy) is 1. The lowest BCUT2D eigenvalue weighted by atomic mass is 9.95. The van der Waals surface area contributed by atoms with Crippen molar-refractivity contribution in [2.45, 2.75) is 51.6 Å². The number of aromatic nitrogens is 1. The summed E-state index contributed by atoms with van der Waals surface area (Å²) in [6.07, 6.45) is 3.34. The van der Waals surface area contributed by atoms with E-state index in [-0.39, 0.29) is 17.4 Å². The van der Waals surface area contributed by atoms with Crippen LogP contribution in [0.25, 0.3) is 0 Å². The van der Waals surface area contributed by atoms with Gasteiger partial charge in [-0.1, -0.05) is 32.4 Å². The van der Waals surface area contributed by atoms with Gasteiger partial charge in [0.25, 0.3) is 5.91 Å². The number of hydrogen-bond acceptors (Lipinski definition) is 4. The quantitative estimate of drug-likeness (QED) is 0.820. The first-order chi connectivity index (χ1) is 13.2. The number of amides is 2. The molecular weight excluding hydrogens is 398 g/mol. The maximum Gasteiger partial charge on any atom is 0.283 e. The minimum atomic E-state index is -0.411. The Kier molecular flexibility index (Phi) is 5.95. The topological polar surface area (TPSA) is 72.7 Å². The smallest absolute Gasteiger partial charge is 0.283 e. The van der Waals surface area contributed by atoms with Crippen LogP contribution in [-0.4, -0.2) is 29.5 Å². The van der Waals surface area contributed by atoms with Crippen molar-refractivity contribution in [3.05, 3.63) is 44.7 Å². The number of nitrogens with zero attached hydrogens (tertiary/aromatic N) is 2. The molecule has 0 aliphatic carbocycles. The number of halogens is 1. The molecule has 1 N–H and O–H groups in total. The second-order valence-corrected chi connectivity index (χ2v) is 9.29. The third-order valence-corrected chi connectivity index (χ3v) is 6.23. The van der Waals surface area contributed by atoms with E-state index in [0.717, 1.165) is 11.3 Å². The van der Waals surface area contributed by atoms with Crippen molar-refractivity contribution in [2.75, 3.05) is 7.11 Å². The van der Waals surface area contributed by atoms with Crippen LogP contribution in [-0.2, 0) is 16.8 Å². The van der Waals surface area contributed by atoms with Crippen LogP contribution in [0.1, 0.15) is 48.8 Å². The standard InChI is InChI=1S/C20H24ClN3O3S/c1-20(2,3)16-11-24(10-13-6-8-17(25)22-13)19(28-16)23-18(26)14-9-12(21)5-7-15(14)27-4/h5,7,9,11,13H,6,8,10H2,1-4H3,(H,22,25)/t13-/m1/s1. The minimum absolute atomic E-state index is 0.0460. The van der Waals surface area contributed by atoms with Crippen molar-refractivity contribution in [2.24, 2.45) is 4.99 Å². The lowest BCUT2D eigenvalue weighted by Crippen LogP contribution is -2.32. The van der Waals surface area contributed by atoms with E-state index in [0.29, 0.717) is 34.1 Å². The van der Waals surface area contributed by atoms with Gasteiger partial charge in [-0.25, -0.2) is 0 Å². The molecular formula is C20H24ClN3O3S. The van der Waals surface area contributed by atoms with Gasteiger partial charge in [0, 0.05) is 35.1 Å². The first kappa shape index (κ1) is 20.6. The van der Waals surface area contributed by atoms with Crippen LogP contribution in [0.3, 0.4) is 0 Å². The minimum Gasteiger partial charge on any atom is -0.496 e. The number of thiazole rings is 1. The molecule has 28 heavy (non-hydrogen) atoms. The van der Waals surface area contributed by atoms with Gasteiger partial charge in [0.15, 0.2) is 4.80 Å². The molecule has 0 saturated carbocycles. The molecule has 8 heteroatoms. The molecule has 3 rings (SSSR count). The first-order valence-corrected chi connectivity index (χ1v) is 10.3. The van der Waals surface area contributed by atoms with Gasteiger partial charge >= 0.3 is 0 Å². The Balaban J connectivity index is 2.01. The SMILES string of the molecule is COc1ccc(Cl)cc1C(=O)N=c1sc(C(C)(C)C)cn1C[C@H]1CCC(=O)N1. The second-order valence-electron chi connectivity index (χ2n) is 7.85. The number of carbonyl (C=O) groups is 2. The number of nitrogens with one attached hydrogen (secondary N) is 1. The molecule has 1 saturated heterocycles. The molecule has 0 unspecified atom stereocenters. The highest BCUT2D eigenvalue weighted by atomic mass is 35.5. The van der Waals surface area contributed by atoms with Gasteiger partial charge in [-0.05, 0) is 30.0 Å². The first-order valence-electron chi connectivity index (χ1n) is 9.10. The molecule has 1 fully saturated rings. The van der Waals surface area contributed by atoms with Gasteiger partial charge in [-0.2, -0.15) is 4.99 Å². The van der Waals surface area contributed by atoms with Crippen molar-refractivity contribution in [3.8, 4) is 5.75 Å². The van der Waals surface area contributed by atoms with Gasteiger partial charge in [0.05, 0.1) is 12.7 Å². The fourth-order valence-electron chi connectivity index (χ4n) is 2.99. The van der Waals surface area contributed by atoms with Crippen molar-refractivity contribution in [1.29, 1.82) is 0 Å². The van der Waals surface area contributed by atoms with E-state index in [1.807, 2.05) is 10.8 Å². The molecule has 0 bridgehead atoms. The number of rotatable bonds is 4. The van der Waals surface area contributed by atoms with Gasteiger partial charge in [0.1, 0.15) is 5.75 Å². The van der Waals surface area contributed by atoms with Crippen LogP contribution >= 0.6 is 22.9 Å². The summed E-state index contributed by atoms with van der Waals surface area (Å²) in [5.74, 6) is 0.0846. The predicted octanol–water partition coefficient (Wildman–Crippen LogP) is 3.53. The fourth-order valence-corrected chi connectivity index (χ4v) is 4.22. The van der Waals surface area contributed by atoms with Crippen molar-refractivity contribution in [3.63, 3.8) is 0 Å². The van der Waals surface area contributed by atoms with Gasteiger partial charge in [0.2, 0.25) is 5.91 Å². The number of methoxy groups -OCH3 is 1. The van der Waals surface area contributed by atoms with E-state index in [9.17, 15) is 9.59 Å². The zero-order valence-electron chi connectivity index (χ0n) is 16.4. The molecule has 1 aliphatic rings. The van der Waals surface area contributed by atoms with Crippen molar-refractivity contribution >= 4 is 34.8 Å². The van der Waals surface area contributed by atoms with Crippen molar-refractivity contribution in [1.82, 2.24) is 9.88 Å². The summed E-state index contributed by atoms with van der Waals surface area (Å²) in [4.78, 5) is 30.5.